The van der Waals surface area contributed by atoms with Crippen LogP contribution in [0.3, 0.4) is 0 Å². The van der Waals surface area contributed by atoms with Gasteiger partial charge >= 0.3 is 0 Å². The lowest BCUT2D eigenvalue weighted by molar-refractivity contribution is 0.593. The number of benzene rings is 3. The van der Waals surface area contributed by atoms with Crippen LogP contribution in [0.2, 0.25) is 0 Å². The largest absolute Gasteiger partial charge is 0.265 e. The Bertz CT molecular complexity index is 1080. The van der Waals surface area contributed by atoms with Crippen LogP contribution in [0, 0.1) is 0 Å². The van der Waals surface area contributed by atoms with E-state index < -0.39 is 0 Å². The third-order valence-electron chi connectivity index (χ3n) is 5.77. The summed E-state index contributed by atoms with van der Waals surface area (Å²) >= 11 is 0. The van der Waals surface area contributed by atoms with Crippen molar-refractivity contribution in [2.75, 3.05) is 0 Å². The van der Waals surface area contributed by atoms with E-state index in [1.165, 1.54) is 51.9 Å². The van der Waals surface area contributed by atoms with Crippen molar-refractivity contribution in [2.45, 2.75) is 32.1 Å². The second kappa shape index (κ2) is 5.70. The summed E-state index contributed by atoms with van der Waals surface area (Å²) in [7, 11) is 0. The zero-order valence-corrected chi connectivity index (χ0v) is 14.5. The molecule has 1 aromatic heterocycles. The average molecular weight is 323 g/mol. The average Bonchev–Trinajstić information content (AvgIpc) is 2.68. The Morgan fingerprint density at radius 3 is 2.48 bits per heavy atom. The third-order valence-corrected chi connectivity index (χ3v) is 5.77. The molecular formula is C24H21N. The maximum Gasteiger partial charge on any atom is 0.0273 e. The molecule has 122 valence electrons. The van der Waals surface area contributed by atoms with Gasteiger partial charge in [0.2, 0.25) is 0 Å². The lowest BCUT2D eigenvalue weighted by Crippen LogP contribution is -2.07. The van der Waals surface area contributed by atoms with E-state index in [4.69, 9.17) is 0 Å². The Morgan fingerprint density at radius 2 is 1.60 bits per heavy atom. The molecule has 0 saturated carbocycles. The van der Waals surface area contributed by atoms with Crippen LogP contribution in [0.5, 0.6) is 0 Å². The van der Waals surface area contributed by atoms with Gasteiger partial charge in [-0.3, -0.25) is 4.98 Å². The number of rotatable bonds is 1. The Balaban J connectivity index is 1.74. The van der Waals surface area contributed by atoms with Gasteiger partial charge in [0, 0.05) is 12.4 Å². The minimum absolute atomic E-state index is 0.693. The van der Waals surface area contributed by atoms with E-state index in [1.807, 2.05) is 12.4 Å². The Morgan fingerprint density at radius 1 is 0.800 bits per heavy atom. The maximum atomic E-state index is 4.12. The molecule has 1 atom stereocenters. The van der Waals surface area contributed by atoms with Crippen molar-refractivity contribution in [1.82, 2.24) is 4.98 Å². The molecule has 3 aromatic carbocycles. The first kappa shape index (κ1) is 14.7. The number of fused-ring (bicyclic) bond motifs is 5. The molecule has 0 spiro atoms. The fourth-order valence-electron chi connectivity index (χ4n) is 4.43. The van der Waals surface area contributed by atoms with Gasteiger partial charge in [-0.1, -0.05) is 43.3 Å². The van der Waals surface area contributed by atoms with Crippen LogP contribution >= 0.6 is 0 Å². The minimum atomic E-state index is 0.693. The zero-order valence-electron chi connectivity index (χ0n) is 14.5. The Labute approximate surface area is 148 Å². The molecule has 0 bridgehead atoms. The summed E-state index contributed by atoms with van der Waals surface area (Å²) in [5.41, 5.74) is 5.61. The molecule has 1 unspecified atom stereocenters. The molecule has 0 amide bonds. The van der Waals surface area contributed by atoms with Crippen LogP contribution in [-0.4, -0.2) is 4.98 Å². The molecule has 0 aliphatic heterocycles. The van der Waals surface area contributed by atoms with Gasteiger partial charge < -0.3 is 0 Å². The molecule has 5 rings (SSSR count). The van der Waals surface area contributed by atoms with Crippen LogP contribution in [-0.2, 0) is 6.42 Å². The second-order valence-electron chi connectivity index (χ2n) is 7.26. The van der Waals surface area contributed by atoms with Crippen molar-refractivity contribution in [2.24, 2.45) is 0 Å². The topological polar surface area (TPSA) is 12.9 Å². The summed E-state index contributed by atoms with van der Waals surface area (Å²) in [6.07, 6.45) is 7.56. The summed E-state index contributed by atoms with van der Waals surface area (Å²) in [6.45, 7) is 2.37. The van der Waals surface area contributed by atoms with E-state index in [1.54, 1.807) is 11.1 Å². The predicted octanol–water partition coefficient (Wildman–Crippen LogP) is 6.49. The molecule has 0 saturated heterocycles. The highest BCUT2D eigenvalue weighted by Gasteiger charge is 2.18. The van der Waals surface area contributed by atoms with Crippen molar-refractivity contribution in [1.29, 1.82) is 0 Å². The van der Waals surface area contributed by atoms with Gasteiger partial charge in [0.15, 0.2) is 0 Å². The van der Waals surface area contributed by atoms with Crippen molar-refractivity contribution >= 4 is 21.5 Å². The van der Waals surface area contributed by atoms with Gasteiger partial charge in [-0.2, -0.15) is 0 Å². The van der Waals surface area contributed by atoms with E-state index >= 15 is 0 Å². The first-order valence-electron chi connectivity index (χ1n) is 9.20. The highest BCUT2D eigenvalue weighted by Crippen LogP contribution is 2.38. The molecule has 0 fully saturated rings. The summed E-state index contributed by atoms with van der Waals surface area (Å²) in [5, 5.41) is 5.52. The number of hydrogen-bond acceptors (Lipinski definition) is 1. The number of aryl methyl sites for hydroxylation is 1. The first-order valence-corrected chi connectivity index (χ1v) is 9.20. The fraction of sp³-hybridized carbons (Fsp3) is 0.208. The third kappa shape index (κ3) is 2.34. The summed E-state index contributed by atoms with van der Waals surface area (Å²) < 4.78 is 0. The van der Waals surface area contributed by atoms with E-state index in [9.17, 15) is 0 Å². The molecule has 1 heteroatoms. The second-order valence-corrected chi connectivity index (χ2v) is 7.26. The predicted molar refractivity (Wildman–Crippen MR) is 106 cm³/mol. The molecule has 1 aliphatic rings. The van der Waals surface area contributed by atoms with Crippen molar-refractivity contribution in [3.05, 3.63) is 78.1 Å². The standard InChI is InChI=1S/C24H21N/c1-16-3-2-4-22-20(16)9-10-23-21-7-5-18(17-11-13-25-14-12-17)15-19(21)6-8-24(22)23/h5-16H,2-4H2,1H3. The number of aromatic nitrogens is 1. The van der Waals surface area contributed by atoms with Crippen molar-refractivity contribution in [3.8, 4) is 11.1 Å². The van der Waals surface area contributed by atoms with Crippen LogP contribution in [0.15, 0.2) is 67.0 Å². The SMILES string of the molecule is CC1CCCc2c1ccc1c2ccc2cc(-c3ccncc3)ccc21. The van der Waals surface area contributed by atoms with Crippen LogP contribution in [0.1, 0.15) is 36.8 Å². The fourth-order valence-corrected chi connectivity index (χ4v) is 4.43. The minimum Gasteiger partial charge on any atom is -0.265 e. The quantitative estimate of drug-likeness (QED) is 0.365. The first-order chi connectivity index (χ1) is 12.3. The van der Waals surface area contributed by atoms with Crippen LogP contribution in [0.4, 0.5) is 0 Å². The zero-order chi connectivity index (χ0) is 16.8. The van der Waals surface area contributed by atoms with Gasteiger partial charge in [0.05, 0.1) is 0 Å². The number of hydrogen-bond donors (Lipinski definition) is 0. The molecular weight excluding hydrogens is 302 g/mol. The molecule has 1 heterocycles. The lowest BCUT2D eigenvalue weighted by Gasteiger charge is -2.24. The van der Waals surface area contributed by atoms with Crippen molar-refractivity contribution in [3.63, 3.8) is 0 Å². The van der Waals surface area contributed by atoms with Gasteiger partial charge in [-0.15, -0.1) is 0 Å². The highest BCUT2D eigenvalue weighted by atomic mass is 14.6. The Hall–Kier alpha value is -2.67. The van der Waals surface area contributed by atoms with Gasteiger partial charge in [0.25, 0.3) is 0 Å². The molecule has 1 nitrogen and oxygen atoms in total. The highest BCUT2D eigenvalue weighted by molar-refractivity contribution is 6.09. The normalized spacial score (nSPS) is 16.9. The molecule has 0 N–H and O–H groups in total. The van der Waals surface area contributed by atoms with E-state index in [-0.39, 0.29) is 0 Å². The maximum absolute atomic E-state index is 4.12. The van der Waals surface area contributed by atoms with Crippen LogP contribution in [0.25, 0.3) is 32.7 Å². The van der Waals surface area contributed by atoms with Gasteiger partial charge in [-0.05, 0) is 87.2 Å². The molecule has 25 heavy (non-hydrogen) atoms. The molecule has 4 aromatic rings. The monoisotopic (exact) mass is 323 g/mol. The summed E-state index contributed by atoms with van der Waals surface area (Å²) in [5.74, 6) is 0.693. The number of pyridine rings is 1. The van der Waals surface area contributed by atoms with E-state index in [2.05, 4.69) is 66.5 Å². The summed E-state index contributed by atoms with van der Waals surface area (Å²) in [6, 6.07) is 20.3. The van der Waals surface area contributed by atoms with Crippen molar-refractivity contribution < 1.29 is 0 Å². The summed E-state index contributed by atoms with van der Waals surface area (Å²) in [4.78, 5) is 4.12. The lowest BCUT2D eigenvalue weighted by atomic mass is 9.81. The van der Waals surface area contributed by atoms with E-state index in [0.29, 0.717) is 5.92 Å². The molecule has 0 radical (unpaired) electrons. The van der Waals surface area contributed by atoms with Gasteiger partial charge in [0.1, 0.15) is 0 Å². The number of nitrogens with zero attached hydrogens (tertiary/aromatic N) is 1. The van der Waals surface area contributed by atoms with Gasteiger partial charge in [-0.25, -0.2) is 0 Å². The van der Waals surface area contributed by atoms with E-state index in [0.717, 1.165) is 0 Å². The smallest absolute Gasteiger partial charge is 0.0273 e. The molecule has 1 aliphatic carbocycles. The Kier molecular flexibility index (Phi) is 3.34. The van der Waals surface area contributed by atoms with Crippen LogP contribution < -0.4 is 0 Å².